The first-order valence-electron chi connectivity index (χ1n) is 6.68. The second-order valence-corrected chi connectivity index (χ2v) is 12.8. The van der Waals surface area contributed by atoms with E-state index in [0.717, 1.165) is 24.8 Å². The second kappa shape index (κ2) is 6.70. The number of nitrogens with zero attached hydrogens (tertiary/aromatic N) is 2. The van der Waals surface area contributed by atoms with Crippen molar-refractivity contribution in [3.8, 4) is 0 Å². The molecule has 0 radical (unpaired) electrons. The van der Waals surface area contributed by atoms with Crippen LogP contribution in [0.4, 0.5) is 0 Å². The van der Waals surface area contributed by atoms with Crippen molar-refractivity contribution in [3.63, 3.8) is 0 Å². The molecule has 0 N–H and O–H groups in total. The first-order valence-corrected chi connectivity index (χ1v) is 13.0. The number of aromatic nitrogens is 2. The molecule has 23 heavy (non-hydrogen) atoms. The van der Waals surface area contributed by atoms with Gasteiger partial charge in [-0.15, -0.1) is 22.7 Å². The summed E-state index contributed by atoms with van der Waals surface area (Å²) < 4.78 is 4.41. The van der Waals surface area contributed by atoms with Gasteiger partial charge in [0.05, 0.1) is 25.5 Å². The smallest absolute Gasteiger partial charge is 0.156 e. The summed E-state index contributed by atoms with van der Waals surface area (Å²) in [7, 11) is -0.705. The molecule has 0 aliphatic heterocycles. The van der Waals surface area contributed by atoms with Gasteiger partial charge in [-0.2, -0.15) is 0 Å². The third kappa shape index (κ3) is 3.29. The molecule has 8 heteroatoms. The molecule has 4 rings (SSSR count). The molecular weight excluding hydrogens is 401 g/mol. The standard InChI is InChI=1S/C15H10N2S6/c18-22(14-16-10-5-1-3-7-12(10)20-14)9-23(19)15-17-11-6-2-4-8-13(11)21-15/h1-8H,9H2. The number of hydrogen-bond acceptors (Lipinski definition) is 6. The van der Waals surface area contributed by atoms with Crippen LogP contribution in [0.2, 0.25) is 0 Å². The molecule has 0 aliphatic carbocycles. The number of para-hydroxylation sites is 2. The summed E-state index contributed by atoms with van der Waals surface area (Å²) in [5.41, 5.74) is 2.05. The predicted octanol–water partition coefficient (Wildman–Crippen LogP) is 4.44. The van der Waals surface area contributed by atoms with Crippen molar-refractivity contribution in [1.29, 1.82) is 0 Å². The van der Waals surface area contributed by atoms with E-state index in [4.69, 9.17) is 22.4 Å². The van der Waals surface area contributed by atoms with Crippen molar-refractivity contribution in [2.75, 3.05) is 5.08 Å². The monoisotopic (exact) mass is 410 g/mol. The van der Waals surface area contributed by atoms with Gasteiger partial charge in [0, 0.05) is 0 Å². The van der Waals surface area contributed by atoms with Gasteiger partial charge in [0.2, 0.25) is 0 Å². The predicted molar refractivity (Wildman–Crippen MR) is 110 cm³/mol. The summed E-state index contributed by atoms with van der Waals surface area (Å²) in [4.78, 5) is 9.34. The second-order valence-electron chi connectivity index (χ2n) is 4.70. The van der Waals surface area contributed by atoms with Crippen LogP contribution in [0.1, 0.15) is 0 Å². The summed E-state index contributed by atoms with van der Waals surface area (Å²) in [6.45, 7) is 0. The molecule has 2 aromatic carbocycles. The van der Waals surface area contributed by atoms with Gasteiger partial charge in [0.15, 0.2) is 8.68 Å². The van der Waals surface area contributed by atoms with Crippen molar-refractivity contribution >= 4 is 84.4 Å². The van der Waals surface area contributed by atoms with Gasteiger partial charge >= 0.3 is 0 Å². The van der Waals surface area contributed by atoms with Gasteiger partial charge in [-0.05, 0) is 46.6 Å². The Morgan fingerprint density at radius 1 is 0.739 bits per heavy atom. The van der Waals surface area contributed by atoms with E-state index in [1.54, 1.807) is 22.7 Å². The normalized spacial score (nSPS) is 14.3. The van der Waals surface area contributed by atoms with E-state index in [9.17, 15) is 0 Å². The molecule has 2 nitrogen and oxygen atoms in total. The van der Waals surface area contributed by atoms with E-state index in [1.165, 1.54) is 9.40 Å². The molecule has 0 aliphatic rings. The van der Waals surface area contributed by atoms with Crippen molar-refractivity contribution < 1.29 is 0 Å². The summed E-state index contributed by atoms with van der Waals surface area (Å²) in [6, 6.07) is 16.3. The van der Waals surface area contributed by atoms with E-state index in [1.807, 2.05) is 36.4 Å². The Bertz CT molecular complexity index is 898. The number of rotatable bonds is 4. The van der Waals surface area contributed by atoms with Crippen LogP contribution in [0.5, 0.6) is 0 Å². The molecule has 0 amide bonds. The molecule has 4 aromatic rings. The first-order chi connectivity index (χ1) is 11.2. The molecule has 0 fully saturated rings. The van der Waals surface area contributed by atoms with Gasteiger partial charge in [-0.3, -0.25) is 0 Å². The van der Waals surface area contributed by atoms with Crippen LogP contribution < -0.4 is 0 Å². The largest absolute Gasteiger partial charge is 0.229 e. The molecule has 2 heterocycles. The van der Waals surface area contributed by atoms with Crippen LogP contribution in [0, 0.1) is 0 Å². The maximum atomic E-state index is 5.69. The highest BCUT2D eigenvalue weighted by molar-refractivity contribution is 8.40. The fraction of sp³-hybridized carbons (Fsp3) is 0.0667. The van der Waals surface area contributed by atoms with E-state index >= 15 is 0 Å². The Labute approximate surface area is 155 Å². The van der Waals surface area contributed by atoms with Crippen LogP contribution in [-0.4, -0.2) is 15.1 Å². The fourth-order valence-electron chi connectivity index (χ4n) is 2.09. The fourth-order valence-corrected chi connectivity index (χ4v) is 10.7. The highest BCUT2D eigenvalue weighted by Crippen LogP contribution is 2.27. The van der Waals surface area contributed by atoms with Gasteiger partial charge in [0.25, 0.3) is 0 Å². The third-order valence-corrected chi connectivity index (χ3v) is 12.5. The topological polar surface area (TPSA) is 25.8 Å². The molecule has 2 aromatic heterocycles. The molecule has 0 spiro atoms. The highest BCUT2D eigenvalue weighted by Gasteiger charge is 2.13. The summed E-state index contributed by atoms with van der Waals surface area (Å²) >= 11 is 14.8. The zero-order chi connectivity index (χ0) is 15.8. The molecule has 0 bridgehead atoms. The first kappa shape index (κ1) is 15.9. The Kier molecular flexibility index (Phi) is 4.62. The molecule has 0 saturated heterocycles. The lowest BCUT2D eigenvalue weighted by atomic mass is 10.3. The van der Waals surface area contributed by atoms with Crippen molar-refractivity contribution in [1.82, 2.24) is 9.97 Å². The Morgan fingerprint density at radius 2 is 1.17 bits per heavy atom. The SMILES string of the molecule is S=S(CS(=S)c1nc2ccccc2s1)c1nc2ccccc2s1. The van der Waals surface area contributed by atoms with Crippen LogP contribution in [0.15, 0.2) is 57.2 Å². The molecular formula is C15H10N2S6. The average Bonchev–Trinajstić information content (AvgIpc) is 3.18. The minimum Gasteiger partial charge on any atom is -0.229 e. The van der Waals surface area contributed by atoms with Crippen LogP contribution in [0.25, 0.3) is 20.4 Å². The number of benzene rings is 2. The Balaban J connectivity index is 1.58. The van der Waals surface area contributed by atoms with Gasteiger partial charge in [-0.25, -0.2) is 9.97 Å². The van der Waals surface area contributed by atoms with E-state index < -0.39 is 0 Å². The van der Waals surface area contributed by atoms with E-state index in [-0.39, 0.29) is 18.9 Å². The van der Waals surface area contributed by atoms with Crippen molar-refractivity contribution in [2.45, 2.75) is 8.68 Å². The molecule has 2 atom stereocenters. The molecule has 0 saturated carbocycles. The van der Waals surface area contributed by atoms with Crippen LogP contribution in [-0.2, 0) is 41.3 Å². The lowest BCUT2D eigenvalue weighted by molar-refractivity contribution is 1.30. The third-order valence-electron chi connectivity index (χ3n) is 3.15. The van der Waals surface area contributed by atoms with Crippen LogP contribution in [0.3, 0.4) is 0 Å². The maximum Gasteiger partial charge on any atom is 0.156 e. The summed E-state index contributed by atoms with van der Waals surface area (Å²) in [6.07, 6.45) is 0. The lowest BCUT2D eigenvalue weighted by Gasteiger charge is -2.02. The molecule has 116 valence electrons. The average molecular weight is 411 g/mol. The van der Waals surface area contributed by atoms with E-state index in [2.05, 4.69) is 22.1 Å². The quantitative estimate of drug-likeness (QED) is 0.497. The minimum absolute atomic E-state index is 0.353. The Hall–Kier alpha value is -0.640. The minimum atomic E-state index is -0.353. The van der Waals surface area contributed by atoms with Gasteiger partial charge in [-0.1, -0.05) is 43.2 Å². The van der Waals surface area contributed by atoms with Gasteiger partial charge in [0.1, 0.15) is 0 Å². The van der Waals surface area contributed by atoms with Crippen molar-refractivity contribution in [2.24, 2.45) is 0 Å². The lowest BCUT2D eigenvalue weighted by Crippen LogP contribution is -2.02. The number of thiazole rings is 2. The van der Waals surface area contributed by atoms with Gasteiger partial charge < -0.3 is 0 Å². The maximum absolute atomic E-state index is 5.69. The number of hydrogen-bond donors (Lipinski definition) is 0. The summed E-state index contributed by atoms with van der Waals surface area (Å²) in [5.74, 6) is 0. The Morgan fingerprint density at radius 3 is 1.61 bits per heavy atom. The molecule has 2 unspecified atom stereocenters. The highest BCUT2D eigenvalue weighted by atomic mass is 32.9. The van der Waals surface area contributed by atoms with Crippen LogP contribution >= 0.6 is 22.7 Å². The van der Waals surface area contributed by atoms with E-state index in [0.29, 0.717) is 0 Å². The zero-order valence-corrected chi connectivity index (χ0v) is 16.6. The number of fused-ring (bicyclic) bond motifs is 2. The van der Waals surface area contributed by atoms with Crippen molar-refractivity contribution in [3.05, 3.63) is 48.5 Å². The zero-order valence-electron chi connectivity index (χ0n) is 11.7. The summed E-state index contributed by atoms with van der Waals surface area (Å²) in [5, 5.41) is 0.768.